The molecule has 2 aliphatic rings. The van der Waals surface area contributed by atoms with E-state index in [9.17, 15) is 14.4 Å². The number of likely N-dealkylation sites (N-methyl/N-ethyl adjacent to an activating group) is 1. The van der Waals surface area contributed by atoms with Crippen LogP contribution in [0.25, 0.3) is 0 Å². The highest BCUT2D eigenvalue weighted by atomic mass is 16.2. The van der Waals surface area contributed by atoms with Crippen LogP contribution in [-0.4, -0.2) is 85.9 Å². The summed E-state index contributed by atoms with van der Waals surface area (Å²) in [5, 5.41) is 5.54. The number of hydrogen-bond acceptors (Lipinski definition) is 4. The molecule has 9 nitrogen and oxygen atoms in total. The number of nitrogens with zero attached hydrogens (tertiary/aromatic N) is 4. The van der Waals surface area contributed by atoms with Crippen molar-refractivity contribution in [1.29, 1.82) is 0 Å². The van der Waals surface area contributed by atoms with Gasteiger partial charge in [-0.3, -0.25) is 14.5 Å². The van der Waals surface area contributed by atoms with E-state index >= 15 is 0 Å². The molecule has 2 aliphatic heterocycles. The first-order valence-corrected chi connectivity index (χ1v) is 13.5. The highest BCUT2D eigenvalue weighted by Crippen LogP contribution is 2.28. The number of rotatable bonds is 5. The minimum Gasteiger partial charge on any atom is -0.330 e. The Bertz CT molecular complexity index is 1440. The van der Waals surface area contributed by atoms with Gasteiger partial charge in [0.15, 0.2) is 0 Å². The molecule has 2 N–H and O–H groups in total. The third kappa shape index (κ3) is 6.05. The van der Waals surface area contributed by atoms with E-state index in [1.807, 2.05) is 84.6 Å². The number of amides is 4. The minimum absolute atomic E-state index is 0.131. The molecule has 3 aromatic carbocycles. The van der Waals surface area contributed by atoms with E-state index in [1.165, 1.54) is 4.90 Å². The quantitative estimate of drug-likeness (QED) is 0.488. The third-order valence-electron chi connectivity index (χ3n) is 7.40. The van der Waals surface area contributed by atoms with Gasteiger partial charge >= 0.3 is 6.03 Å². The summed E-state index contributed by atoms with van der Waals surface area (Å²) in [5.74, 6) is -0.603. The van der Waals surface area contributed by atoms with E-state index in [-0.39, 0.29) is 12.5 Å². The number of nitrogens with one attached hydrogen (secondary N) is 2. The number of piperazine rings is 1. The number of urea groups is 1. The fourth-order valence-corrected chi connectivity index (χ4v) is 5.02. The van der Waals surface area contributed by atoms with Crippen molar-refractivity contribution < 1.29 is 18.9 Å². The predicted octanol–water partition coefficient (Wildman–Crippen LogP) is 3.25. The molecule has 0 radical (unpaired) electrons. The van der Waals surface area contributed by atoms with Crippen LogP contribution in [0.2, 0.25) is 0 Å². The Labute approximate surface area is 234 Å². The molecular formula is C31H35N6O3+. The summed E-state index contributed by atoms with van der Waals surface area (Å²) >= 11 is 0. The summed E-state index contributed by atoms with van der Waals surface area (Å²) in [6.45, 7) is 4.74. The van der Waals surface area contributed by atoms with Gasteiger partial charge in [-0.05, 0) is 30.7 Å². The van der Waals surface area contributed by atoms with Gasteiger partial charge in [0.05, 0.1) is 51.7 Å². The minimum atomic E-state index is -1.24. The molecule has 1 unspecified atom stereocenters. The molecule has 0 spiro atoms. The van der Waals surface area contributed by atoms with Gasteiger partial charge in [0, 0.05) is 16.8 Å². The second-order valence-electron chi connectivity index (χ2n) is 10.9. The van der Waals surface area contributed by atoms with Crippen LogP contribution in [0.4, 0.5) is 16.2 Å². The zero-order valence-corrected chi connectivity index (χ0v) is 23.1. The first-order valence-electron chi connectivity index (χ1n) is 13.5. The lowest BCUT2D eigenvalue weighted by Crippen LogP contribution is -2.58. The fraction of sp³-hybridized carbons (Fsp3) is 0.290. The van der Waals surface area contributed by atoms with Crippen molar-refractivity contribution in [3.8, 4) is 0 Å². The van der Waals surface area contributed by atoms with Crippen molar-refractivity contribution in [2.24, 2.45) is 4.99 Å². The van der Waals surface area contributed by atoms with E-state index in [1.54, 1.807) is 6.07 Å². The van der Waals surface area contributed by atoms with Gasteiger partial charge < -0.3 is 20.0 Å². The SMILES string of the molecule is Cc1cccc(NC(=O)NC2N=C(c3ccccc3)c3ccccc3N(CC(=O)N3CC[N+](C)(C)CC3)C2=O)c1. The fourth-order valence-electron chi connectivity index (χ4n) is 5.02. The summed E-state index contributed by atoms with van der Waals surface area (Å²) in [7, 11) is 4.30. The molecule has 206 valence electrons. The van der Waals surface area contributed by atoms with E-state index in [0.29, 0.717) is 30.2 Å². The molecule has 2 heterocycles. The zero-order chi connectivity index (χ0) is 28.3. The number of aryl methyl sites for hydroxylation is 1. The summed E-state index contributed by atoms with van der Waals surface area (Å²) in [4.78, 5) is 48.7. The number of quaternary nitrogens is 1. The van der Waals surface area contributed by atoms with E-state index < -0.39 is 18.1 Å². The molecule has 4 amide bonds. The summed E-state index contributed by atoms with van der Waals surface area (Å²) in [5.41, 5.74) is 4.27. The van der Waals surface area contributed by atoms with Gasteiger partial charge in [-0.15, -0.1) is 0 Å². The van der Waals surface area contributed by atoms with Crippen LogP contribution in [-0.2, 0) is 9.59 Å². The maximum atomic E-state index is 14.1. The number of benzodiazepines with no additional fused rings is 1. The van der Waals surface area contributed by atoms with Crippen LogP contribution in [0, 0.1) is 6.92 Å². The number of benzene rings is 3. The van der Waals surface area contributed by atoms with Gasteiger partial charge in [-0.1, -0.05) is 60.7 Å². The van der Waals surface area contributed by atoms with Crippen molar-refractivity contribution in [1.82, 2.24) is 10.2 Å². The first kappa shape index (κ1) is 27.1. The lowest BCUT2D eigenvalue weighted by atomic mass is 10.0. The average molecular weight is 540 g/mol. The van der Waals surface area contributed by atoms with E-state index in [4.69, 9.17) is 4.99 Å². The molecule has 1 atom stereocenters. The summed E-state index contributed by atoms with van der Waals surface area (Å²) < 4.78 is 0.853. The van der Waals surface area contributed by atoms with Gasteiger partial charge in [0.2, 0.25) is 12.1 Å². The number of fused-ring (bicyclic) bond motifs is 1. The molecule has 40 heavy (non-hydrogen) atoms. The molecule has 9 heteroatoms. The average Bonchev–Trinajstić information content (AvgIpc) is 3.04. The van der Waals surface area contributed by atoms with Crippen LogP contribution in [0.5, 0.6) is 0 Å². The Morgan fingerprint density at radius 2 is 1.65 bits per heavy atom. The van der Waals surface area contributed by atoms with Crippen molar-refractivity contribution in [2.45, 2.75) is 13.1 Å². The van der Waals surface area contributed by atoms with Gasteiger partial charge in [0.1, 0.15) is 6.54 Å². The van der Waals surface area contributed by atoms with Gasteiger partial charge in [0.25, 0.3) is 5.91 Å². The van der Waals surface area contributed by atoms with Crippen molar-refractivity contribution in [3.63, 3.8) is 0 Å². The predicted molar refractivity (Wildman–Crippen MR) is 156 cm³/mol. The molecule has 1 fully saturated rings. The largest absolute Gasteiger partial charge is 0.330 e. The number of carbonyl (C=O) groups excluding carboxylic acids is 3. The number of anilines is 2. The maximum Gasteiger partial charge on any atom is 0.321 e. The summed E-state index contributed by atoms with van der Waals surface area (Å²) in [6.07, 6.45) is -1.24. The summed E-state index contributed by atoms with van der Waals surface area (Å²) in [6, 6.07) is 23.8. The number of aliphatic imine (C=N–C) groups is 1. The molecule has 3 aromatic rings. The first-order chi connectivity index (χ1) is 19.2. The van der Waals surface area contributed by atoms with Crippen LogP contribution in [0.15, 0.2) is 83.9 Å². The Morgan fingerprint density at radius 1 is 0.950 bits per heavy atom. The Balaban J connectivity index is 1.48. The van der Waals surface area contributed by atoms with Gasteiger partial charge in [-0.2, -0.15) is 0 Å². The standard InChI is InChI=1S/C31H34N6O3/c1-22-10-9-13-24(20-22)32-31(40)34-29-30(39)36(21-27(38)35-16-18-37(2,3)19-17-35)26-15-8-7-14-25(26)28(33-29)23-11-5-4-6-12-23/h4-15,20,29H,16-19,21H2,1-3H3,(H-,32,34,40)/p+1. The lowest BCUT2D eigenvalue weighted by Gasteiger charge is -2.39. The second kappa shape index (κ2) is 11.3. The molecule has 0 aromatic heterocycles. The molecule has 0 aliphatic carbocycles. The maximum absolute atomic E-state index is 14.1. The number of para-hydroxylation sites is 1. The Hall–Kier alpha value is -4.50. The lowest BCUT2D eigenvalue weighted by molar-refractivity contribution is -0.894. The highest BCUT2D eigenvalue weighted by molar-refractivity contribution is 6.21. The van der Waals surface area contributed by atoms with Crippen molar-refractivity contribution >= 4 is 34.9 Å². The topological polar surface area (TPSA) is 94.1 Å². The number of carbonyl (C=O) groups is 3. The van der Waals surface area contributed by atoms with Gasteiger partial charge in [-0.25, -0.2) is 9.79 Å². The van der Waals surface area contributed by atoms with E-state index in [2.05, 4.69) is 24.7 Å². The third-order valence-corrected chi connectivity index (χ3v) is 7.40. The highest BCUT2D eigenvalue weighted by Gasteiger charge is 2.36. The zero-order valence-electron chi connectivity index (χ0n) is 23.1. The van der Waals surface area contributed by atoms with Crippen LogP contribution in [0.3, 0.4) is 0 Å². The van der Waals surface area contributed by atoms with Crippen LogP contribution in [0.1, 0.15) is 16.7 Å². The Morgan fingerprint density at radius 3 is 2.38 bits per heavy atom. The molecule has 5 rings (SSSR count). The van der Waals surface area contributed by atoms with Crippen LogP contribution >= 0.6 is 0 Å². The second-order valence-corrected chi connectivity index (χ2v) is 10.9. The molecule has 0 saturated carbocycles. The molecule has 1 saturated heterocycles. The van der Waals surface area contributed by atoms with E-state index in [0.717, 1.165) is 34.3 Å². The van der Waals surface area contributed by atoms with Crippen LogP contribution < -0.4 is 15.5 Å². The number of hydrogen-bond donors (Lipinski definition) is 2. The normalized spacial score (nSPS) is 18.3. The molecular weight excluding hydrogens is 504 g/mol. The Kier molecular flexibility index (Phi) is 7.66. The molecule has 0 bridgehead atoms. The smallest absolute Gasteiger partial charge is 0.321 e. The monoisotopic (exact) mass is 539 g/mol. The van der Waals surface area contributed by atoms with Crippen molar-refractivity contribution in [2.75, 3.05) is 57.0 Å². The van der Waals surface area contributed by atoms with Crippen molar-refractivity contribution in [3.05, 3.63) is 95.6 Å².